The lowest BCUT2D eigenvalue weighted by atomic mass is 9.80. The highest BCUT2D eigenvalue weighted by atomic mass is 16.5. The lowest BCUT2D eigenvalue weighted by Crippen LogP contribution is -2.33. The number of anilines is 2. The van der Waals surface area contributed by atoms with Crippen molar-refractivity contribution < 1.29 is 4.74 Å². The molecule has 0 radical (unpaired) electrons. The van der Waals surface area contributed by atoms with E-state index in [-0.39, 0.29) is 12.0 Å². The summed E-state index contributed by atoms with van der Waals surface area (Å²) in [4.78, 5) is 12.1. The molecule has 1 aliphatic rings. The molecule has 1 aromatic rings. The van der Waals surface area contributed by atoms with Gasteiger partial charge in [0.15, 0.2) is 0 Å². The van der Waals surface area contributed by atoms with Gasteiger partial charge >= 0.3 is 6.01 Å². The number of nitrogens with zero attached hydrogens (tertiary/aromatic N) is 3. The van der Waals surface area contributed by atoms with Gasteiger partial charge in [0.1, 0.15) is 0 Å². The Bertz CT molecular complexity index is 411. The van der Waals surface area contributed by atoms with E-state index in [1.165, 1.54) is 20.0 Å². The van der Waals surface area contributed by atoms with Crippen molar-refractivity contribution in [2.45, 2.75) is 39.2 Å². The van der Waals surface area contributed by atoms with Crippen LogP contribution in [0, 0.1) is 11.8 Å². The molecule has 0 spiro atoms. The van der Waals surface area contributed by atoms with Crippen LogP contribution in [0.15, 0.2) is 0 Å². The molecule has 6 heteroatoms. The third kappa shape index (κ3) is 3.00. The lowest BCUT2D eigenvalue weighted by molar-refractivity contribution is 0.275. The Labute approximate surface area is 107 Å². The summed E-state index contributed by atoms with van der Waals surface area (Å²) < 4.78 is 4.99. The summed E-state index contributed by atoms with van der Waals surface area (Å²) in [6, 6.07) is 0.648. The van der Waals surface area contributed by atoms with Crippen LogP contribution in [-0.2, 0) is 0 Å². The second kappa shape index (κ2) is 5.37. The predicted octanol–water partition coefficient (Wildman–Crippen LogP) is 1.70. The van der Waals surface area contributed by atoms with E-state index >= 15 is 0 Å². The van der Waals surface area contributed by atoms with Gasteiger partial charge in [-0.05, 0) is 31.1 Å². The van der Waals surface area contributed by atoms with E-state index in [9.17, 15) is 0 Å². The first-order valence-corrected chi connectivity index (χ1v) is 6.40. The minimum absolute atomic E-state index is 0.182. The number of aromatic nitrogens is 3. The highest BCUT2D eigenvalue weighted by molar-refractivity contribution is 5.33. The molecule has 18 heavy (non-hydrogen) atoms. The average Bonchev–Trinajstić information content (AvgIpc) is 2.32. The molecule has 1 aliphatic carbocycles. The molecule has 1 heterocycles. The fourth-order valence-electron chi connectivity index (χ4n) is 2.57. The maximum atomic E-state index is 5.61. The van der Waals surface area contributed by atoms with E-state index in [1.807, 2.05) is 0 Å². The standard InChI is InChI=1S/C12H21N5O/c1-7-4-5-9(8(2)6-7)14-11-15-10(13)16-12(17-11)18-3/h7-9H,4-6H2,1-3H3,(H3,13,14,15,16,17). The van der Waals surface area contributed by atoms with Crippen LogP contribution >= 0.6 is 0 Å². The van der Waals surface area contributed by atoms with Crippen LogP contribution in [0.5, 0.6) is 6.01 Å². The molecule has 0 aliphatic heterocycles. The zero-order chi connectivity index (χ0) is 13.1. The quantitative estimate of drug-likeness (QED) is 0.850. The van der Waals surface area contributed by atoms with Gasteiger partial charge in [-0.3, -0.25) is 0 Å². The Morgan fingerprint density at radius 3 is 2.67 bits per heavy atom. The monoisotopic (exact) mass is 251 g/mol. The average molecular weight is 251 g/mol. The third-order valence-corrected chi connectivity index (χ3v) is 3.56. The summed E-state index contributed by atoms with van der Waals surface area (Å²) in [6.45, 7) is 4.56. The van der Waals surface area contributed by atoms with E-state index in [0.717, 1.165) is 12.3 Å². The van der Waals surface area contributed by atoms with Gasteiger partial charge in [0.25, 0.3) is 0 Å². The van der Waals surface area contributed by atoms with Crippen LogP contribution in [0.2, 0.25) is 0 Å². The Morgan fingerprint density at radius 1 is 1.22 bits per heavy atom. The molecule has 2 rings (SSSR count). The first-order chi connectivity index (χ1) is 8.58. The minimum atomic E-state index is 0.182. The van der Waals surface area contributed by atoms with Gasteiger partial charge in [0, 0.05) is 6.04 Å². The van der Waals surface area contributed by atoms with Crippen molar-refractivity contribution in [2.75, 3.05) is 18.2 Å². The van der Waals surface area contributed by atoms with Crippen molar-refractivity contribution in [2.24, 2.45) is 11.8 Å². The predicted molar refractivity (Wildman–Crippen MR) is 70.4 cm³/mol. The van der Waals surface area contributed by atoms with Crippen LogP contribution in [0.4, 0.5) is 11.9 Å². The molecule has 0 aromatic carbocycles. The molecule has 1 saturated carbocycles. The topological polar surface area (TPSA) is 86.0 Å². The van der Waals surface area contributed by atoms with E-state index in [0.29, 0.717) is 17.9 Å². The molecule has 100 valence electrons. The van der Waals surface area contributed by atoms with Crippen molar-refractivity contribution in [1.82, 2.24) is 15.0 Å². The zero-order valence-electron chi connectivity index (χ0n) is 11.2. The Morgan fingerprint density at radius 2 is 2.00 bits per heavy atom. The summed E-state index contributed by atoms with van der Waals surface area (Å²) in [5, 5.41) is 3.34. The van der Waals surface area contributed by atoms with Crippen LogP contribution in [0.25, 0.3) is 0 Å². The minimum Gasteiger partial charge on any atom is -0.467 e. The second-order valence-corrected chi connectivity index (χ2v) is 5.15. The number of hydrogen-bond acceptors (Lipinski definition) is 6. The fraction of sp³-hybridized carbons (Fsp3) is 0.750. The SMILES string of the molecule is COc1nc(N)nc(NC2CCC(C)CC2C)n1. The van der Waals surface area contributed by atoms with Crippen LogP contribution < -0.4 is 15.8 Å². The third-order valence-electron chi connectivity index (χ3n) is 3.56. The Kier molecular flexibility index (Phi) is 3.84. The molecular formula is C12H21N5O. The molecule has 3 atom stereocenters. The lowest BCUT2D eigenvalue weighted by Gasteiger charge is -2.33. The fourth-order valence-corrected chi connectivity index (χ4v) is 2.57. The summed E-state index contributed by atoms with van der Waals surface area (Å²) in [5.41, 5.74) is 5.61. The van der Waals surface area contributed by atoms with E-state index < -0.39 is 0 Å². The van der Waals surface area contributed by atoms with Crippen molar-refractivity contribution >= 4 is 11.9 Å². The van der Waals surface area contributed by atoms with Gasteiger partial charge in [-0.2, -0.15) is 15.0 Å². The summed E-state index contributed by atoms with van der Waals surface area (Å²) in [6.07, 6.45) is 3.60. The van der Waals surface area contributed by atoms with Crippen molar-refractivity contribution in [3.63, 3.8) is 0 Å². The molecular weight excluding hydrogens is 230 g/mol. The number of nitrogens with one attached hydrogen (secondary N) is 1. The molecule has 0 saturated heterocycles. The van der Waals surface area contributed by atoms with Gasteiger partial charge in [-0.1, -0.05) is 13.8 Å². The van der Waals surface area contributed by atoms with Gasteiger partial charge in [-0.15, -0.1) is 0 Å². The number of ether oxygens (including phenoxy) is 1. The van der Waals surface area contributed by atoms with Crippen molar-refractivity contribution in [1.29, 1.82) is 0 Å². The number of rotatable bonds is 3. The number of nitrogen functional groups attached to an aromatic ring is 1. The van der Waals surface area contributed by atoms with Gasteiger partial charge in [0.05, 0.1) is 7.11 Å². The van der Waals surface area contributed by atoms with Crippen molar-refractivity contribution in [3.8, 4) is 6.01 Å². The van der Waals surface area contributed by atoms with Crippen molar-refractivity contribution in [3.05, 3.63) is 0 Å². The number of hydrogen-bond donors (Lipinski definition) is 2. The van der Waals surface area contributed by atoms with Crippen LogP contribution in [0.3, 0.4) is 0 Å². The first-order valence-electron chi connectivity index (χ1n) is 6.40. The summed E-state index contributed by atoms with van der Waals surface area (Å²) in [7, 11) is 1.52. The maximum Gasteiger partial charge on any atom is 0.322 e. The van der Waals surface area contributed by atoms with E-state index in [4.69, 9.17) is 10.5 Å². The normalized spacial score (nSPS) is 27.8. The number of methoxy groups -OCH3 is 1. The molecule has 1 fully saturated rings. The highest BCUT2D eigenvalue weighted by Gasteiger charge is 2.26. The van der Waals surface area contributed by atoms with Crippen LogP contribution in [-0.4, -0.2) is 28.1 Å². The number of nitrogens with two attached hydrogens (primary N) is 1. The second-order valence-electron chi connectivity index (χ2n) is 5.15. The Hall–Kier alpha value is -1.59. The smallest absolute Gasteiger partial charge is 0.322 e. The first kappa shape index (κ1) is 12.9. The summed E-state index contributed by atoms with van der Waals surface area (Å²) >= 11 is 0. The van der Waals surface area contributed by atoms with E-state index in [1.54, 1.807) is 0 Å². The van der Waals surface area contributed by atoms with Gasteiger partial charge in [0.2, 0.25) is 11.9 Å². The van der Waals surface area contributed by atoms with Gasteiger partial charge < -0.3 is 15.8 Å². The molecule has 0 amide bonds. The maximum absolute atomic E-state index is 5.61. The highest BCUT2D eigenvalue weighted by Crippen LogP contribution is 2.30. The molecule has 3 N–H and O–H groups in total. The molecule has 1 aromatic heterocycles. The molecule has 0 bridgehead atoms. The summed E-state index contributed by atoms with van der Waals surface area (Å²) in [5.74, 6) is 2.10. The molecule has 3 unspecified atom stereocenters. The largest absolute Gasteiger partial charge is 0.467 e. The molecule has 6 nitrogen and oxygen atoms in total. The van der Waals surface area contributed by atoms with Crippen LogP contribution in [0.1, 0.15) is 33.1 Å². The van der Waals surface area contributed by atoms with Gasteiger partial charge in [-0.25, -0.2) is 0 Å². The van der Waals surface area contributed by atoms with E-state index in [2.05, 4.69) is 34.1 Å². The Balaban J connectivity index is 2.06. The zero-order valence-corrected chi connectivity index (χ0v) is 11.2.